The van der Waals surface area contributed by atoms with Gasteiger partial charge in [0.2, 0.25) is 11.8 Å². The van der Waals surface area contributed by atoms with Crippen molar-refractivity contribution in [2.45, 2.75) is 6.42 Å². The van der Waals surface area contributed by atoms with Gasteiger partial charge in [0.05, 0.1) is 20.4 Å². The molecular formula is C14H13FN2O3. The molecule has 0 aliphatic carbocycles. The number of benzene rings is 1. The molecule has 0 unspecified atom stereocenters. The van der Waals surface area contributed by atoms with Crippen LogP contribution in [0.4, 0.5) is 4.39 Å². The summed E-state index contributed by atoms with van der Waals surface area (Å²) in [6, 6.07) is 5.85. The minimum absolute atomic E-state index is 0.0229. The first-order valence-corrected chi connectivity index (χ1v) is 5.86. The average Bonchev–Trinajstić information content (AvgIpc) is 2.46. The molecule has 20 heavy (non-hydrogen) atoms. The third-order valence-electron chi connectivity index (χ3n) is 2.64. The fourth-order valence-corrected chi connectivity index (χ4v) is 1.70. The fraction of sp³-hybridized carbons (Fsp3) is 0.214. The number of rotatable bonds is 5. The van der Waals surface area contributed by atoms with Crippen LogP contribution in [0.15, 0.2) is 30.5 Å². The van der Waals surface area contributed by atoms with Crippen molar-refractivity contribution in [3.05, 3.63) is 47.5 Å². The lowest BCUT2D eigenvalue weighted by Gasteiger charge is -2.07. The van der Waals surface area contributed by atoms with Crippen molar-refractivity contribution in [3.8, 4) is 11.8 Å². The lowest BCUT2D eigenvalue weighted by molar-refractivity contribution is 0.0984. The largest absolute Gasteiger partial charge is 0.480 e. The van der Waals surface area contributed by atoms with Crippen LogP contribution in [0, 0.1) is 5.82 Å². The summed E-state index contributed by atoms with van der Waals surface area (Å²) in [5.41, 5.74) is 0.659. The van der Waals surface area contributed by atoms with Gasteiger partial charge in [-0.3, -0.25) is 4.79 Å². The minimum Gasteiger partial charge on any atom is -0.480 e. The number of hydrogen-bond donors (Lipinski definition) is 0. The number of methoxy groups -OCH3 is 2. The zero-order valence-corrected chi connectivity index (χ0v) is 11.1. The van der Waals surface area contributed by atoms with Crippen LogP contribution in [0.3, 0.4) is 0 Å². The second kappa shape index (κ2) is 6.10. The Balaban J connectivity index is 2.25. The first kappa shape index (κ1) is 13.9. The van der Waals surface area contributed by atoms with E-state index < -0.39 is 0 Å². The van der Waals surface area contributed by atoms with Gasteiger partial charge in [-0.2, -0.15) is 4.98 Å². The molecule has 5 nitrogen and oxygen atoms in total. The predicted molar refractivity (Wildman–Crippen MR) is 69.6 cm³/mol. The molecule has 0 radical (unpaired) electrons. The second-order valence-electron chi connectivity index (χ2n) is 4.00. The van der Waals surface area contributed by atoms with E-state index in [4.69, 9.17) is 9.47 Å². The SMILES string of the molecule is COc1cnc(C(=O)Cc2cccc(F)c2)c(OC)n1. The molecule has 1 aromatic carbocycles. The van der Waals surface area contributed by atoms with Gasteiger partial charge in [0, 0.05) is 6.42 Å². The van der Waals surface area contributed by atoms with Crippen molar-refractivity contribution in [2.75, 3.05) is 14.2 Å². The number of carbonyl (C=O) groups excluding carboxylic acids is 1. The lowest BCUT2D eigenvalue weighted by Crippen LogP contribution is -2.10. The van der Waals surface area contributed by atoms with Crippen LogP contribution < -0.4 is 9.47 Å². The van der Waals surface area contributed by atoms with Crippen molar-refractivity contribution in [2.24, 2.45) is 0 Å². The number of halogens is 1. The first-order chi connectivity index (χ1) is 9.63. The molecule has 0 spiro atoms. The van der Waals surface area contributed by atoms with Crippen molar-refractivity contribution in [1.82, 2.24) is 9.97 Å². The number of nitrogens with zero attached hydrogens (tertiary/aromatic N) is 2. The standard InChI is InChI=1S/C14H13FN2O3/c1-19-12-8-16-13(14(17-12)20-2)11(18)7-9-4-3-5-10(15)6-9/h3-6,8H,7H2,1-2H3. The number of hydrogen-bond acceptors (Lipinski definition) is 5. The molecule has 2 rings (SSSR count). The molecule has 0 saturated carbocycles. The Hall–Kier alpha value is -2.50. The maximum atomic E-state index is 13.1. The Morgan fingerprint density at radius 1 is 1.30 bits per heavy atom. The van der Waals surface area contributed by atoms with Crippen LogP contribution in [-0.4, -0.2) is 30.0 Å². The topological polar surface area (TPSA) is 61.3 Å². The molecule has 2 aromatic rings. The summed E-state index contributed by atoms with van der Waals surface area (Å²) in [5, 5.41) is 0. The third-order valence-corrected chi connectivity index (χ3v) is 2.64. The second-order valence-corrected chi connectivity index (χ2v) is 4.00. The van der Waals surface area contributed by atoms with E-state index in [0.717, 1.165) is 0 Å². The number of Topliss-reactive ketones (excluding diaryl/α,β-unsaturated/α-hetero) is 1. The van der Waals surface area contributed by atoms with Gasteiger partial charge in [0.15, 0.2) is 11.5 Å². The van der Waals surface area contributed by atoms with Gasteiger partial charge in [-0.15, -0.1) is 0 Å². The number of carbonyl (C=O) groups is 1. The Bertz CT molecular complexity index is 632. The summed E-state index contributed by atoms with van der Waals surface area (Å²) >= 11 is 0. The van der Waals surface area contributed by atoms with Crippen molar-refractivity contribution in [3.63, 3.8) is 0 Å². The summed E-state index contributed by atoms with van der Waals surface area (Å²) in [6.07, 6.45) is 1.36. The van der Waals surface area contributed by atoms with E-state index in [9.17, 15) is 9.18 Å². The Morgan fingerprint density at radius 3 is 2.75 bits per heavy atom. The van der Waals surface area contributed by atoms with Crippen LogP contribution in [0.25, 0.3) is 0 Å². The van der Waals surface area contributed by atoms with Crippen LogP contribution in [0.2, 0.25) is 0 Å². The van der Waals surface area contributed by atoms with Gasteiger partial charge in [-0.1, -0.05) is 12.1 Å². The average molecular weight is 276 g/mol. The van der Waals surface area contributed by atoms with Gasteiger partial charge in [0.25, 0.3) is 0 Å². The van der Waals surface area contributed by atoms with E-state index in [1.807, 2.05) is 0 Å². The molecule has 0 bridgehead atoms. The Kier molecular flexibility index (Phi) is 4.24. The fourth-order valence-electron chi connectivity index (χ4n) is 1.70. The molecule has 0 aliphatic heterocycles. The van der Waals surface area contributed by atoms with E-state index in [1.54, 1.807) is 12.1 Å². The van der Waals surface area contributed by atoms with Gasteiger partial charge in [-0.05, 0) is 17.7 Å². The van der Waals surface area contributed by atoms with Crippen LogP contribution in [-0.2, 0) is 6.42 Å². The number of ether oxygens (including phenoxy) is 2. The molecule has 0 N–H and O–H groups in total. The summed E-state index contributed by atoms with van der Waals surface area (Å²) in [6.45, 7) is 0. The van der Waals surface area contributed by atoms with Gasteiger partial charge in [-0.25, -0.2) is 9.37 Å². The highest BCUT2D eigenvalue weighted by Crippen LogP contribution is 2.19. The summed E-state index contributed by atoms with van der Waals surface area (Å²) in [4.78, 5) is 20.1. The normalized spacial score (nSPS) is 10.2. The maximum absolute atomic E-state index is 13.1. The molecule has 6 heteroatoms. The smallest absolute Gasteiger partial charge is 0.246 e. The Morgan fingerprint density at radius 2 is 2.10 bits per heavy atom. The zero-order valence-electron chi connectivity index (χ0n) is 11.1. The molecule has 104 valence electrons. The molecule has 0 fully saturated rings. The number of aromatic nitrogens is 2. The molecule has 1 aromatic heterocycles. The summed E-state index contributed by atoms with van der Waals surface area (Å²) in [5.74, 6) is -0.347. The minimum atomic E-state index is -0.386. The molecule has 0 saturated heterocycles. The summed E-state index contributed by atoms with van der Waals surface area (Å²) < 4.78 is 23.0. The maximum Gasteiger partial charge on any atom is 0.246 e. The van der Waals surface area contributed by atoms with Crippen LogP contribution in [0.5, 0.6) is 11.8 Å². The van der Waals surface area contributed by atoms with E-state index in [2.05, 4.69) is 9.97 Å². The molecule has 0 amide bonds. The third kappa shape index (κ3) is 3.09. The highest BCUT2D eigenvalue weighted by molar-refractivity contribution is 5.97. The Labute approximate surface area is 115 Å². The van der Waals surface area contributed by atoms with Gasteiger partial charge >= 0.3 is 0 Å². The highest BCUT2D eigenvalue weighted by Gasteiger charge is 2.17. The quantitative estimate of drug-likeness (QED) is 0.782. The molecular weight excluding hydrogens is 263 g/mol. The predicted octanol–water partition coefficient (Wildman–Crippen LogP) is 2.06. The van der Waals surface area contributed by atoms with Gasteiger partial charge < -0.3 is 9.47 Å². The van der Waals surface area contributed by atoms with Crippen molar-refractivity contribution >= 4 is 5.78 Å². The monoisotopic (exact) mass is 276 g/mol. The van der Waals surface area contributed by atoms with E-state index in [0.29, 0.717) is 5.56 Å². The molecule has 1 heterocycles. The van der Waals surface area contributed by atoms with E-state index in [1.165, 1.54) is 32.5 Å². The van der Waals surface area contributed by atoms with Gasteiger partial charge in [0.1, 0.15) is 5.82 Å². The van der Waals surface area contributed by atoms with Crippen LogP contribution >= 0.6 is 0 Å². The molecule has 0 atom stereocenters. The zero-order chi connectivity index (χ0) is 14.5. The highest BCUT2D eigenvalue weighted by atomic mass is 19.1. The first-order valence-electron chi connectivity index (χ1n) is 5.86. The number of ketones is 1. The van der Waals surface area contributed by atoms with E-state index in [-0.39, 0.29) is 35.5 Å². The van der Waals surface area contributed by atoms with Crippen molar-refractivity contribution < 1.29 is 18.7 Å². The van der Waals surface area contributed by atoms with Crippen molar-refractivity contribution in [1.29, 1.82) is 0 Å². The lowest BCUT2D eigenvalue weighted by atomic mass is 10.1. The molecule has 0 aliphatic rings. The van der Waals surface area contributed by atoms with E-state index >= 15 is 0 Å². The summed E-state index contributed by atoms with van der Waals surface area (Å²) in [7, 11) is 2.83. The van der Waals surface area contributed by atoms with Crippen LogP contribution in [0.1, 0.15) is 16.1 Å².